The Morgan fingerprint density at radius 2 is 1.81 bits per heavy atom. The zero-order valence-corrected chi connectivity index (χ0v) is 26.2. The number of rotatable bonds is 10. The molecule has 0 aromatic heterocycles. The van der Waals surface area contributed by atoms with Crippen molar-refractivity contribution in [2.45, 2.75) is 103 Å². The normalized spacial score (nSPS) is 25.7. The predicted octanol–water partition coefficient (Wildman–Crippen LogP) is 7.64. The summed E-state index contributed by atoms with van der Waals surface area (Å²) in [5, 5.41) is 0. The zero-order chi connectivity index (χ0) is 26.6. The van der Waals surface area contributed by atoms with Crippen molar-refractivity contribution in [1.82, 2.24) is 0 Å². The van der Waals surface area contributed by atoms with Gasteiger partial charge in [0, 0.05) is 0 Å². The molecule has 0 bridgehead atoms. The Bertz CT molecular complexity index is 867. The molecule has 5 atom stereocenters. The van der Waals surface area contributed by atoms with Crippen LogP contribution in [-0.4, -0.2) is 41.5 Å². The van der Waals surface area contributed by atoms with E-state index in [0.717, 1.165) is 43.0 Å². The van der Waals surface area contributed by atoms with Crippen molar-refractivity contribution in [2.75, 3.05) is 0 Å². The van der Waals surface area contributed by atoms with E-state index in [1.807, 2.05) is 6.07 Å². The molecule has 0 aliphatic carbocycles. The van der Waals surface area contributed by atoms with Crippen LogP contribution >= 0.6 is 0 Å². The van der Waals surface area contributed by atoms with Gasteiger partial charge in [-0.25, -0.2) is 0 Å². The van der Waals surface area contributed by atoms with Crippen molar-refractivity contribution in [1.29, 1.82) is 0 Å². The summed E-state index contributed by atoms with van der Waals surface area (Å²) in [4.78, 5) is 13.5. The van der Waals surface area contributed by atoms with E-state index in [4.69, 9.17) is 9.16 Å². The monoisotopic (exact) mass is 576 g/mol. The minimum atomic E-state index is -1.67. The Balaban J connectivity index is 2.25. The van der Waals surface area contributed by atoms with Crippen molar-refractivity contribution >= 4 is 33.7 Å². The molecule has 2 unspecified atom stereocenters. The Hall–Kier alpha value is -1.39. The third-order valence-corrected chi connectivity index (χ3v) is 15.0. The molecule has 200 valence electrons. The topological polar surface area (TPSA) is 35.5 Å². The zero-order valence-electron chi connectivity index (χ0n) is 23.5. The number of cyclic esters (lactones) is 1. The number of ether oxygens (including phenoxy) is 1. The van der Waals surface area contributed by atoms with Crippen LogP contribution in [-0.2, 0) is 14.0 Å². The van der Waals surface area contributed by atoms with Crippen LogP contribution in [0.25, 0.3) is 0 Å². The molecular weight excluding hydrogens is 527 g/mol. The van der Waals surface area contributed by atoms with E-state index in [9.17, 15) is 4.79 Å². The number of hydrogen-bond acceptors (Lipinski definition) is 3. The van der Waals surface area contributed by atoms with Crippen LogP contribution in [0.5, 0.6) is 0 Å². The molecule has 0 amide bonds. The first-order valence-electron chi connectivity index (χ1n) is 13.9. The molecule has 0 saturated carbocycles. The standard InChI is InChI=1S/C31H48O3SeSi/c1-8-36(9-2,10-3)34-27(7)25(5)23-26(6)30-24(4)19-15-12-11-13-18-22-29(31(32)33-30)35-28-20-16-14-17-21-28/h11-12,14-17,19-21,23-25,27,29-30H,8-10,13,18,22H2,1-7H3/b12-11+,19-15-,26-23+/t24-,25-,27+,29?,30?/m0/s1. The van der Waals surface area contributed by atoms with Crippen molar-refractivity contribution in [3.63, 3.8) is 0 Å². The van der Waals surface area contributed by atoms with Gasteiger partial charge in [-0.15, -0.1) is 0 Å². The number of esters is 1. The Kier molecular flexibility index (Phi) is 13.5. The molecule has 0 radical (unpaired) electrons. The van der Waals surface area contributed by atoms with Gasteiger partial charge in [0.2, 0.25) is 0 Å². The molecule has 1 aromatic carbocycles. The van der Waals surface area contributed by atoms with Crippen LogP contribution in [0.3, 0.4) is 0 Å². The van der Waals surface area contributed by atoms with E-state index in [1.54, 1.807) is 0 Å². The number of hydrogen-bond donors (Lipinski definition) is 0. The van der Waals surface area contributed by atoms with Crippen LogP contribution in [0.4, 0.5) is 0 Å². The van der Waals surface area contributed by atoms with Gasteiger partial charge in [-0.05, 0) is 0 Å². The van der Waals surface area contributed by atoms with Gasteiger partial charge in [-0.1, -0.05) is 0 Å². The number of carbonyl (C=O) groups is 1. The summed E-state index contributed by atoms with van der Waals surface area (Å²) >= 11 is 0.0531. The third kappa shape index (κ3) is 9.48. The first-order chi connectivity index (χ1) is 17.2. The molecule has 0 N–H and O–H groups in total. The number of benzene rings is 1. The molecule has 1 heterocycles. The Morgan fingerprint density at radius 3 is 2.44 bits per heavy atom. The summed E-state index contributed by atoms with van der Waals surface area (Å²) in [6.45, 7) is 15.5. The Morgan fingerprint density at radius 1 is 1.14 bits per heavy atom. The third-order valence-electron chi connectivity index (χ3n) is 7.59. The molecule has 0 fully saturated rings. The van der Waals surface area contributed by atoms with E-state index in [0.29, 0.717) is 0 Å². The van der Waals surface area contributed by atoms with Crippen molar-refractivity contribution in [3.05, 3.63) is 66.3 Å². The predicted molar refractivity (Wildman–Crippen MR) is 157 cm³/mol. The van der Waals surface area contributed by atoms with Crippen molar-refractivity contribution in [3.8, 4) is 0 Å². The first kappa shape index (κ1) is 30.8. The maximum absolute atomic E-state index is 13.5. The molecule has 3 nitrogen and oxygen atoms in total. The molecule has 2 rings (SSSR count). The SMILES string of the molecule is CC[Si](CC)(CC)O[C@H](C)[C@@H](C)/C=C(\C)C1OC(=O)C([Se]c2ccccc2)CCC/C=C/C=C\[C@@H]1C. The van der Waals surface area contributed by atoms with Crippen LogP contribution in [0, 0.1) is 11.8 Å². The number of carbonyl (C=O) groups excluding carboxylic acids is 1. The van der Waals surface area contributed by atoms with E-state index in [-0.39, 0.29) is 49.8 Å². The first-order valence-corrected chi connectivity index (χ1v) is 18.2. The fourth-order valence-corrected chi connectivity index (χ4v) is 10.1. The van der Waals surface area contributed by atoms with Crippen LogP contribution in [0.15, 0.2) is 66.3 Å². The molecule has 36 heavy (non-hydrogen) atoms. The van der Waals surface area contributed by atoms with Gasteiger partial charge >= 0.3 is 229 Å². The van der Waals surface area contributed by atoms with Gasteiger partial charge in [0.25, 0.3) is 0 Å². The van der Waals surface area contributed by atoms with Gasteiger partial charge in [0.15, 0.2) is 0 Å². The summed E-state index contributed by atoms with van der Waals surface area (Å²) in [6.07, 6.45) is 13.6. The fraction of sp³-hybridized carbons (Fsp3) is 0.581. The summed E-state index contributed by atoms with van der Waals surface area (Å²) in [7, 11) is -1.67. The number of allylic oxidation sites excluding steroid dienone is 3. The molecule has 0 saturated heterocycles. The van der Waals surface area contributed by atoms with Gasteiger partial charge in [-0.3, -0.25) is 0 Å². The van der Waals surface area contributed by atoms with Gasteiger partial charge < -0.3 is 0 Å². The van der Waals surface area contributed by atoms with Crippen LogP contribution < -0.4 is 4.46 Å². The minimum absolute atomic E-state index is 0.0484. The quantitative estimate of drug-likeness (QED) is 0.163. The van der Waals surface area contributed by atoms with Crippen molar-refractivity contribution < 1.29 is 14.0 Å². The molecule has 0 spiro atoms. The average Bonchev–Trinajstić information content (AvgIpc) is 2.88. The molecular formula is C31H48O3SeSi. The van der Waals surface area contributed by atoms with Gasteiger partial charge in [0.1, 0.15) is 0 Å². The van der Waals surface area contributed by atoms with Gasteiger partial charge in [-0.2, -0.15) is 0 Å². The second kappa shape index (κ2) is 15.8. The Labute approximate surface area is 228 Å². The fourth-order valence-electron chi connectivity index (χ4n) is 4.79. The second-order valence-corrected chi connectivity index (χ2v) is 17.6. The average molecular weight is 576 g/mol. The van der Waals surface area contributed by atoms with Crippen LogP contribution in [0.1, 0.15) is 67.7 Å². The van der Waals surface area contributed by atoms with E-state index < -0.39 is 8.32 Å². The summed E-state index contributed by atoms with van der Waals surface area (Å²) in [6, 6.07) is 13.9. The summed E-state index contributed by atoms with van der Waals surface area (Å²) < 4.78 is 14.3. The second-order valence-electron chi connectivity index (χ2n) is 10.2. The van der Waals surface area contributed by atoms with Gasteiger partial charge in [0.05, 0.1) is 0 Å². The van der Waals surface area contributed by atoms with E-state index in [1.165, 1.54) is 4.46 Å². The molecule has 1 aliphatic rings. The molecule has 1 aromatic rings. The van der Waals surface area contributed by atoms with Crippen molar-refractivity contribution in [2.24, 2.45) is 11.8 Å². The van der Waals surface area contributed by atoms with E-state index >= 15 is 0 Å². The molecule has 5 heteroatoms. The molecule has 1 aliphatic heterocycles. The van der Waals surface area contributed by atoms with Crippen LogP contribution in [0.2, 0.25) is 22.9 Å². The van der Waals surface area contributed by atoms with E-state index in [2.05, 4.69) is 103 Å². The summed E-state index contributed by atoms with van der Waals surface area (Å²) in [5.41, 5.74) is 1.12. The maximum atomic E-state index is 13.5. The summed E-state index contributed by atoms with van der Waals surface area (Å²) in [5.74, 6) is 0.299.